The molecule has 0 fully saturated rings. The van der Waals surface area contributed by atoms with Gasteiger partial charge in [-0.05, 0) is 6.92 Å². The Morgan fingerprint density at radius 1 is 1.06 bits per heavy atom. The van der Waals surface area contributed by atoms with Crippen molar-refractivity contribution in [2.45, 2.75) is 34.6 Å². The zero-order chi connectivity index (χ0) is 12.8. The Balaban J connectivity index is 0. The second kappa shape index (κ2) is 13.8. The standard InChI is InChI=1S/C10H8OS.2C2H6/c1-2-4-9-7-12-8-10(9)5-3-6-11;2*1-2/h7-8,11H,6H2,1H3;2*1-2H3. The Bertz CT molecular complexity index is 369. The predicted molar refractivity (Wildman–Crippen MR) is 73.5 cm³/mol. The number of aliphatic hydroxyl groups excluding tert-OH is 1. The number of thiophene rings is 1. The van der Waals surface area contributed by atoms with Gasteiger partial charge in [-0.15, -0.1) is 17.3 Å². The summed E-state index contributed by atoms with van der Waals surface area (Å²) in [7, 11) is 0. The third-order valence-electron chi connectivity index (χ3n) is 1.22. The van der Waals surface area contributed by atoms with Gasteiger partial charge in [0.1, 0.15) is 6.61 Å². The first-order valence-corrected chi connectivity index (χ1v) is 6.41. The van der Waals surface area contributed by atoms with E-state index >= 15 is 0 Å². The maximum Gasteiger partial charge on any atom is 0.104 e. The Morgan fingerprint density at radius 3 is 2.00 bits per heavy atom. The molecule has 0 spiro atoms. The quantitative estimate of drug-likeness (QED) is 0.683. The van der Waals surface area contributed by atoms with Gasteiger partial charge in [0, 0.05) is 10.8 Å². The molecule has 0 bridgehead atoms. The highest BCUT2D eigenvalue weighted by atomic mass is 32.1. The smallest absolute Gasteiger partial charge is 0.104 e. The molecule has 1 nitrogen and oxygen atoms in total. The summed E-state index contributed by atoms with van der Waals surface area (Å²) in [5.41, 5.74) is 1.85. The monoisotopic (exact) mass is 236 g/mol. The molecule has 1 aromatic heterocycles. The molecule has 0 saturated heterocycles. The lowest BCUT2D eigenvalue weighted by atomic mass is 10.2. The molecule has 16 heavy (non-hydrogen) atoms. The highest BCUT2D eigenvalue weighted by Gasteiger charge is 1.95. The zero-order valence-electron chi connectivity index (χ0n) is 10.7. The summed E-state index contributed by atoms with van der Waals surface area (Å²) < 4.78 is 0. The van der Waals surface area contributed by atoms with Gasteiger partial charge in [-0.25, -0.2) is 0 Å². The van der Waals surface area contributed by atoms with E-state index in [9.17, 15) is 0 Å². The van der Waals surface area contributed by atoms with Crippen LogP contribution in [0.25, 0.3) is 0 Å². The lowest BCUT2D eigenvalue weighted by Crippen LogP contribution is -1.76. The van der Waals surface area contributed by atoms with Gasteiger partial charge in [0.2, 0.25) is 0 Å². The minimum absolute atomic E-state index is 0.102. The van der Waals surface area contributed by atoms with Crippen LogP contribution >= 0.6 is 11.3 Å². The summed E-state index contributed by atoms with van der Waals surface area (Å²) in [6.45, 7) is 9.69. The molecule has 1 rings (SSSR count). The van der Waals surface area contributed by atoms with Gasteiger partial charge in [-0.1, -0.05) is 45.5 Å². The molecule has 1 N–H and O–H groups in total. The fourth-order valence-electron chi connectivity index (χ4n) is 0.760. The zero-order valence-corrected chi connectivity index (χ0v) is 11.5. The van der Waals surface area contributed by atoms with E-state index in [4.69, 9.17) is 5.11 Å². The van der Waals surface area contributed by atoms with Crippen LogP contribution < -0.4 is 0 Å². The molecule has 1 aromatic rings. The summed E-state index contributed by atoms with van der Waals surface area (Å²) in [6.07, 6.45) is 0. The minimum Gasteiger partial charge on any atom is -0.384 e. The topological polar surface area (TPSA) is 20.2 Å². The van der Waals surface area contributed by atoms with Crippen LogP contribution in [0.2, 0.25) is 0 Å². The van der Waals surface area contributed by atoms with Gasteiger partial charge in [-0.2, -0.15) is 0 Å². The molecule has 0 saturated carbocycles. The van der Waals surface area contributed by atoms with E-state index in [1.807, 2.05) is 38.5 Å². The highest BCUT2D eigenvalue weighted by molar-refractivity contribution is 7.08. The molecule has 0 aliphatic carbocycles. The fourth-order valence-corrected chi connectivity index (χ4v) is 1.47. The summed E-state index contributed by atoms with van der Waals surface area (Å²) in [5, 5.41) is 12.4. The van der Waals surface area contributed by atoms with E-state index in [1.165, 1.54) is 0 Å². The molecular formula is C14H20OS. The van der Waals surface area contributed by atoms with Crippen molar-refractivity contribution in [3.05, 3.63) is 21.9 Å². The summed E-state index contributed by atoms with van der Waals surface area (Å²) >= 11 is 1.57. The molecule has 0 aliphatic heterocycles. The lowest BCUT2D eigenvalue weighted by Gasteiger charge is -1.82. The van der Waals surface area contributed by atoms with Gasteiger partial charge in [0.25, 0.3) is 0 Å². The van der Waals surface area contributed by atoms with E-state index in [0.29, 0.717) is 0 Å². The molecule has 0 atom stereocenters. The number of aliphatic hydroxyl groups is 1. The van der Waals surface area contributed by atoms with E-state index < -0.39 is 0 Å². The largest absolute Gasteiger partial charge is 0.384 e. The molecule has 0 radical (unpaired) electrons. The highest BCUT2D eigenvalue weighted by Crippen LogP contribution is 2.12. The van der Waals surface area contributed by atoms with Crippen LogP contribution in [-0.2, 0) is 0 Å². The Hall–Kier alpha value is -1.22. The Labute approximate surface area is 104 Å². The fraction of sp³-hybridized carbons (Fsp3) is 0.429. The average Bonchev–Trinajstić information content (AvgIpc) is 2.80. The molecular weight excluding hydrogens is 216 g/mol. The van der Waals surface area contributed by atoms with Crippen molar-refractivity contribution < 1.29 is 5.11 Å². The van der Waals surface area contributed by atoms with Crippen molar-refractivity contribution in [3.63, 3.8) is 0 Å². The van der Waals surface area contributed by atoms with Crippen LogP contribution in [0.4, 0.5) is 0 Å². The van der Waals surface area contributed by atoms with Crippen LogP contribution in [-0.4, -0.2) is 11.7 Å². The van der Waals surface area contributed by atoms with E-state index in [1.54, 1.807) is 18.3 Å². The minimum atomic E-state index is -0.102. The molecule has 1 heterocycles. The molecule has 88 valence electrons. The third kappa shape index (κ3) is 7.12. The van der Waals surface area contributed by atoms with Gasteiger partial charge in [-0.3, -0.25) is 0 Å². The van der Waals surface area contributed by atoms with Crippen LogP contribution in [0, 0.1) is 23.7 Å². The molecule has 2 heteroatoms. The Morgan fingerprint density at radius 2 is 1.56 bits per heavy atom. The lowest BCUT2D eigenvalue weighted by molar-refractivity contribution is 0.350. The average molecular weight is 236 g/mol. The summed E-state index contributed by atoms with van der Waals surface area (Å²) in [4.78, 5) is 0. The van der Waals surface area contributed by atoms with Crippen LogP contribution in [0.5, 0.6) is 0 Å². The van der Waals surface area contributed by atoms with Crippen LogP contribution in [0.3, 0.4) is 0 Å². The normalized spacial score (nSPS) is 6.62. The van der Waals surface area contributed by atoms with Crippen molar-refractivity contribution >= 4 is 11.3 Å². The van der Waals surface area contributed by atoms with Crippen LogP contribution in [0.1, 0.15) is 45.7 Å². The first kappa shape index (κ1) is 17.2. The number of rotatable bonds is 0. The maximum atomic E-state index is 8.48. The van der Waals surface area contributed by atoms with Crippen molar-refractivity contribution in [1.82, 2.24) is 0 Å². The SMILES string of the molecule is CC.CC.CC#Cc1cscc1C#CCO. The first-order chi connectivity index (χ1) is 7.88. The van der Waals surface area contributed by atoms with Gasteiger partial charge >= 0.3 is 0 Å². The van der Waals surface area contributed by atoms with Crippen molar-refractivity contribution in [2.24, 2.45) is 0 Å². The van der Waals surface area contributed by atoms with Crippen LogP contribution in [0.15, 0.2) is 10.8 Å². The summed E-state index contributed by atoms with van der Waals surface area (Å²) in [6, 6.07) is 0. The molecule has 0 amide bonds. The van der Waals surface area contributed by atoms with Crippen molar-refractivity contribution in [2.75, 3.05) is 6.61 Å². The van der Waals surface area contributed by atoms with Crippen molar-refractivity contribution in [3.8, 4) is 23.7 Å². The first-order valence-electron chi connectivity index (χ1n) is 5.47. The van der Waals surface area contributed by atoms with E-state index in [-0.39, 0.29) is 6.61 Å². The van der Waals surface area contributed by atoms with E-state index in [0.717, 1.165) is 11.1 Å². The second-order valence-corrected chi connectivity index (χ2v) is 2.78. The number of hydrogen-bond acceptors (Lipinski definition) is 2. The predicted octanol–water partition coefficient (Wildman–Crippen LogP) is 3.52. The Kier molecular flexibility index (Phi) is 14.8. The molecule has 0 aromatic carbocycles. The number of hydrogen-bond donors (Lipinski definition) is 1. The van der Waals surface area contributed by atoms with Gasteiger partial charge in [0.05, 0.1) is 11.1 Å². The second-order valence-electron chi connectivity index (χ2n) is 2.03. The maximum absolute atomic E-state index is 8.48. The van der Waals surface area contributed by atoms with Gasteiger partial charge in [0.15, 0.2) is 0 Å². The third-order valence-corrected chi connectivity index (χ3v) is 1.97. The molecule has 0 aliphatic rings. The van der Waals surface area contributed by atoms with E-state index in [2.05, 4.69) is 23.7 Å². The summed E-state index contributed by atoms with van der Waals surface area (Å²) in [5.74, 6) is 11.2. The van der Waals surface area contributed by atoms with Crippen molar-refractivity contribution in [1.29, 1.82) is 0 Å². The molecule has 0 unspecified atom stereocenters. The van der Waals surface area contributed by atoms with Gasteiger partial charge < -0.3 is 5.11 Å².